The van der Waals surface area contributed by atoms with Crippen LogP contribution in [0.3, 0.4) is 0 Å². The summed E-state index contributed by atoms with van der Waals surface area (Å²) in [5.41, 5.74) is -0.276. The largest absolute Gasteiger partial charge is 0.483 e. The maximum absolute atomic E-state index is 13.3. The number of sulfonamides is 1. The number of nitrogens with one attached hydrogen (secondary N) is 1. The van der Waals surface area contributed by atoms with E-state index in [9.17, 15) is 26.4 Å². The molecular formula is C24H26F3N3O4S. The van der Waals surface area contributed by atoms with Crippen LogP contribution in [-0.2, 0) is 27.5 Å². The quantitative estimate of drug-likeness (QED) is 0.520. The van der Waals surface area contributed by atoms with Crippen LogP contribution in [0.15, 0.2) is 60.8 Å². The van der Waals surface area contributed by atoms with Crippen molar-refractivity contribution >= 4 is 26.8 Å². The summed E-state index contributed by atoms with van der Waals surface area (Å²) in [5, 5.41) is -0.453. The van der Waals surface area contributed by atoms with Gasteiger partial charge in [0.2, 0.25) is 10.0 Å². The topological polar surface area (TPSA) is 88.6 Å². The number of hydrogen-bond acceptors (Lipinski definition) is 5. The van der Waals surface area contributed by atoms with E-state index < -0.39 is 27.0 Å². The third kappa shape index (κ3) is 5.91. The number of alkyl halides is 3. The van der Waals surface area contributed by atoms with Crippen LogP contribution in [0.25, 0.3) is 10.9 Å². The number of likely N-dealkylation sites (tertiary alicyclic amines) is 1. The maximum Gasteiger partial charge on any atom is 0.418 e. The van der Waals surface area contributed by atoms with E-state index in [1.165, 1.54) is 29.3 Å². The molecule has 0 unspecified atom stereocenters. The maximum atomic E-state index is 13.3. The van der Waals surface area contributed by atoms with Gasteiger partial charge in [-0.2, -0.15) is 13.2 Å². The zero-order chi connectivity index (χ0) is 25.1. The molecule has 1 N–H and O–H groups in total. The first-order chi connectivity index (χ1) is 16.6. The summed E-state index contributed by atoms with van der Waals surface area (Å²) < 4.78 is 73.3. The van der Waals surface area contributed by atoms with Crippen LogP contribution in [0.1, 0.15) is 25.4 Å². The first-order valence-corrected chi connectivity index (χ1v) is 12.6. The van der Waals surface area contributed by atoms with Crippen molar-refractivity contribution in [2.75, 3.05) is 19.7 Å². The molecule has 1 saturated heterocycles. The van der Waals surface area contributed by atoms with Gasteiger partial charge in [0.05, 0.1) is 16.3 Å². The van der Waals surface area contributed by atoms with Gasteiger partial charge in [0, 0.05) is 32.6 Å². The Labute approximate surface area is 202 Å². The predicted molar refractivity (Wildman–Crippen MR) is 126 cm³/mol. The first-order valence-electron chi connectivity index (χ1n) is 11.0. The predicted octanol–water partition coefficient (Wildman–Crippen LogP) is 3.99. The third-order valence-electron chi connectivity index (χ3n) is 5.94. The average Bonchev–Trinajstić information content (AvgIpc) is 2.86. The van der Waals surface area contributed by atoms with Gasteiger partial charge in [0.25, 0.3) is 5.91 Å². The number of benzene rings is 2. The van der Waals surface area contributed by atoms with Crippen molar-refractivity contribution in [3.8, 4) is 5.75 Å². The van der Waals surface area contributed by atoms with Crippen molar-refractivity contribution in [2.45, 2.75) is 30.8 Å². The van der Waals surface area contributed by atoms with E-state index in [1.807, 2.05) is 30.3 Å². The van der Waals surface area contributed by atoms with E-state index in [0.717, 1.165) is 11.6 Å². The molecule has 0 aliphatic carbocycles. The Balaban J connectivity index is 0.00000361. The van der Waals surface area contributed by atoms with E-state index in [-0.39, 0.29) is 63.1 Å². The molecule has 188 valence electrons. The number of para-hydroxylation sites is 1. The van der Waals surface area contributed by atoms with Gasteiger partial charge in [-0.15, -0.1) is 0 Å². The monoisotopic (exact) mass is 509 g/mol. The molecule has 0 saturated carbocycles. The molecule has 2 aromatic carbocycles. The number of rotatable bonds is 7. The van der Waals surface area contributed by atoms with Gasteiger partial charge in [-0.1, -0.05) is 36.4 Å². The lowest BCUT2D eigenvalue weighted by Gasteiger charge is -2.31. The van der Waals surface area contributed by atoms with E-state index in [0.29, 0.717) is 0 Å². The molecule has 11 heteroatoms. The van der Waals surface area contributed by atoms with Gasteiger partial charge in [0.1, 0.15) is 5.75 Å². The van der Waals surface area contributed by atoms with Crippen LogP contribution in [-0.4, -0.2) is 49.2 Å². The normalized spacial score (nSPS) is 15.3. The highest BCUT2D eigenvalue weighted by Gasteiger charge is 2.34. The highest BCUT2D eigenvalue weighted by molar-refractivity contribution is 7.90. The number of carbonyl (C=O) groups excluding carboxylic acids is 1. The minimum Gasteiger partial charge on any atom is -0.483 e. The van der Waals surface area contributed by atoms with Gasteiger partial charge in [-0.05, 0) is 36.6 Å². The second kappa shape index (κ2) is 10.2. The van der Waals surface area contributed by atoms with Crippen LogP contribution in [0.5, 0.6) is 5.75 Å². The molecule has 0 radical (unpaired) electrons. The van der Waals surface area contributed by atoms with Crippen LogP contribution in [0, 0.1) is 0 Å². The Hall–Kier alpha value is -3.18. The number of pyridine rings is 1. The van der Waals surface area contributed by atoms with Crippen LogP contribution < -0.4 is 9.46 Å². The van der Waals surface area contributed by atoms with Gasteiger partial charge in [-0.3, -0.25) is 9.78 Å². The molecule has 0 spiro atoms. The summed E-state index contributed by atoms with van der Waals surface area (Å²) in [7, 11) is -3.54. The lowest BCUT2D eigenvalue weighted by molar-refractivity contribution is -0.136. The van der Waals surface area contributed by atoms with Crippen LogP contribution >= 0.6 is 0 Å². The van der Waals surface area contributed by atoms with Gasteiger partial charge >= 0.3 is 6.18 Å². The summed E-state index contributed by atoms with van der Waals surface area (Å²) in [4.78, 5) is 18.0. The second-order valence-electron chi connectivity index (χ2n) is 8.23. The fraction of sp³-hybridized carbons (Fsp3) is 0.333. The zero-order valence-electron chi connectivity index (χ0n) is 18.7. The zero-order valence-corrected chi connectivity index (χ0v) is 19.5. The molecule has 1 aromatic heterocycles. The van der Waals surface area contributed by atoms with E-state index in [1.54, 1.807) is 0 Å². The molecule has 1 aliphatic rings. The lowest BCUT2D eigenvalue weighted by atomic mass is 10.1. The lowest BCUT2D eigenvalue weighted by Crippen LogP contribution is -2.46. The van der Waals surface area contributed by atoms with Crippen molar-refractivity contribution in [3.05, 3.63) is 71.9 Å². The smallest absolute Gasteiger partial charge is 0.418 e. The van der Waals surface area contributed by atoms with Crippen molar-refractivity contribution < 1.29 is 32.5 Å². The average molecular weight is 510 g/mol. The number of fused-ring (bicyclic) bond motifs is 1. The summed E-state index contributed by atoms with van der Waals surface area (Å²) in [6.45, 7) is 0.313. The molecule has 4 rings (SSSR count). The van der Waals surface area contributed by atoms with Crippen LogP contribution in [0.4, 0.5) is 13.2 Å². The Morgan fingerprint density at radius 2 is 1.80 bits per heavy atom. The Bertz CT molecular complexity index is 1300. The molecule has 0 atom stereocenters. The van der Waals surface area contributed by atoms with Gasteiger partial charge < -0.3 is 9.64 Å². The Kier molecular flexibility index (Phi) is 7.27. The van der Waals surface area contributed by atoms with E-state index in [4.69, 9.17) is 4.74 Å². The van der Waals surface area contributed by atoms with Crippen molar-refractivity contribution in [2.24, 2.45) is 0 Å². The molecule has 2 heterocycles. The number of nitrogens with zero attached hydrogens (tertiary/aromatic N) is 2. The fourth-order valence-corrected chi connectivity index (χ4v) is 5.48. The van der Waals surface area contributed by atoms with Crippen molar-refractivity contribution in [3.63, 3.8) is 0 Å². The van der Waals surface area contributed by atoms with Gasteiger partial charge in [0.15, 0.2) is 6.61 Å². The number of ether oxygens (including phenoxy) is 1. The summed E-state index contributed by atoms with van der Waals surface area (Å²) in [6, 6.07) is 14.3. The number of carbonyl (C=O) groups is 1. The first kappa shape index (κ1) is 24.9. The minimum absolute atomic E-state index is 0. The minimum atomic E-state index is -4.57. The van der Waals surface area contributed by atoms with Crippen LogP contribution in [0.2, 0.25) is 0 Å². The number of piperidine rings is 1. The molecule has 7 nitrogen and oxygen atoms in total. The Morgan fingerprint density at radius 3 is 2.49 bits per heavy atom. The number of amides is 1. The molecule has 1 fully saturated rings. The van der Waals surface area contributed by atoms with Crippen molar-refractivity contribution in [1.82, 2.24) is 14.6 Å². The van der Waals surface area contributed by atoms with Crippen molar-refractivity contribution in [1.29, 1.82) is 0 Å². The highest BCUT2D eigenvalue weighted by atomic mass is 32.2. The van der Waals surface area contributed by atoms with Gasteiger partial charge in [-0.25, -0.2) is 13.1 Å². The van der Waals surface area contributed by atoms with E-state index >= 15 is 0 Å². The van der Waals surface area contributed by atoms with E-state index in [2.05, 4.69) is 9.71 Å². The second-order valence-corrected chi connectivity index (χ2v) is 10.3. The summed E-state index contributed by atoms with van der Waals surface area (Å²) in [5.74, 6) is -0.243. The number of halogens is 3. The molecule has 1 amide bonds. The number of hydrogen-bond donors (Lipinski definition) is 1. The molecule has 0 bridgehead atoms. The Morgan fingerprint density at radius 1 is 1.09 bits per heavy atom. The molecular weight excluding hydrogens is 483 g/mol. The highest BCUT2D eigenvalue weighted by Crippen LogP contribution is 2.36. The molecule has 1 aliphatic heterocycles. The molecule has 3 aromatic rings. The molecule has 35 heavy (non-hydrogen) atoms. The fourth-order valence-electron chi connectivity index (χ4n) is 4.05. The number of aromatic nitrogens is 1. The SMILES string of the molecule is O=C(COc1ccnc2c(C(F)(F)F)cccc12)N1CCC(S(=O)(=O)NCc2ccccc2)CC1.[HH]. The summed E-state index contributed by atoms with van der Waals surface area (Å²) in [6.07, 6.45) is -2.80. The third-order valence-corrected chi connectivity index (χ3v) is 7.84. The standard InChI is InChI=1S/C24H24F3N3O4S.H2/c25-24(26,27)20-8-4-7-19-21(9-12-28-23(19)20)34-16-22(31)30-13-10-18(11-14-30)35(32,33)29-15-17-5-2-1-3-6-17;/h1-9,12,18,29H,10-11,13-16H2;1H. The summed E-state index contributed by atoms with van der Waals surface area (Å²) >= 11 is 0.